The maximum atomic E-state index is 12.2. The van der Waals surface area contributed by atoms with Gasteiger partial charge in [0, 0.05) is 20.1 Å². The van der Waals surface area contributed by atoms with Gasteiger partial charge < -0.3 is 5.73 Å². The highest BCUT2D eigenvalue weighted by molar-refractivity contribution is 7.89. The Morgan fingerprint density at radius 2 is 2.06 bits per heavy atom. The van der Waals surface area contributed by atoms with Gasteiger partial charge in [0.15, 0.2) is 0 Å². The molecule has 4 nitrogen and oxygen atoms in total. The molecule has 0 radical (unpaired) electrons. The van der Waals surface area contributed by atoms with E-state index in [2.05, 4.69) is 6.58 Å². The summed E-state index contributed by atoms with van der Waals surface area (Å²) in [5.74, 6) is 0. The summed E-state index contributed by atoms with van der Waals surface area (Å²) >= 11 is 0. The summed E-state index contributed by atoms with van der Waals surface area (Å²) in [5, 5.41) is 0. The van der Waals surface area contributed by atoms with E-state index in [9.17, 15) is 8.42 Å². The largest absolute Gasteiger partial charge is 0.326 e. The van der Waals surface area contributed by atoms with E-state index in [1.54, 1.807) is 18.2 Å². The minimum absolute atomic E-state index is 0.282. The van der Waals surface area contributed by atoms with E-state index in [0.717, 1.165) is 17.5 Å². The zero-order valence-corrected chi connectivity index (χ0v) is 11.7. The SMILES string of the molecule is C=CCN(C)S(=O)(=O)c1ccc(CC)c(CN)c1. The third kappa shape index (κ3) is 2.98. The first kappa shape index (κ1) is 14.9. The lowest BCUT2D eigenvalue weighted by atomic mass is 10.1. The van der Waals surface area contributed by atoms with Crippen LogP contribution >= 0.6 is 0 Å². The molecule has 2 N–H and O–H groups in total. The number of nitrogens with two attached hydrogens (primary N) is 1. The number of hydrogen-bond donors (Lipinski definition) is 1. The molecule has 0 amide bonds. The molecule has 1 aromatic carbocycles. The Morgan fingerprint density at radius 3 is 2.56 bits per heavy atom. The van der Waals surface area contributed by atoms with Crippen LogP contribution in [0.5, 0.6) is 0 Å². The zero-order valence-electron chi connectivity index (χ0n) is 10.9. The number of sulfonamides is 1. The van der Waals surface area contributed by atoms with Crippen LogP contribution < -0.4 is 5.73 Å². The molecule has 1 aromatic rings. The Kier molecular flexibility index (Phi) is 5.07. The van der Waals surface area contributed by atoms with Crippen LogP contribution in [-0.4, -0.2) is 26.3 Å². The van der Waals surface area contributed by atoms with E-state index >= 15 is 0 Å². The molecular formula is C13H20N2O2S. The number of likely N-dealkylation sites (N-methyl/N-ethyl adjacent to an activating group) is 1. The molecule has 0 atom stereocenters. The highest BCUT2D eigenvalue weighted by atomic mass is 32.2. The van der Waals surface area contributed by atoms with Crippen molar-refractivity contribution in [3.63, 3.8) is 0 Å². The first-order chi connectivity index (χ1) is 8.47. The van der Waals surface area contributed by atoms with Gasteiger partial charge in [-0.05, 0) is 29.7 Å². The number of benzene rings is 1. The van der Waals surface area contributed by atoms with Crippen molar-refractivity contribution < 1.29 is 8.42 Å². The van der Waals surface area contributed by atoms with E-state index in [-0.39, 0.29) is 11.4 Å². The van der Waals surface area contributed by atoms with Crippen LogP contribution in [-0.2, 0) is 23.0 Å². The molecule has 0 unspecified atom stereocenters. The lowest BCUT2D eigenvalue weighted by molar-refractivity contribution is 0.499. The fourth-order valence-electron chi connectivity index (χ4n) is 1.76. The standard InChI is InChI=1S/C13H20N2O2S/c1-4-8-15(3)18(16,17)13-7-6-11(5-2)12(9-13)10-14/h4,6-7,9H,1,5,8,10,14H2,2-3H3. The van der Waals surface area contributed by atoms with Crippen molar-refractivity contribution in [2.24, 2.45) is 5.73 Å². The fraction of sp³-hybridized carbons (Fsp3) is 0.385. The predicted molar refractivity (Wildman–Crippen MR) is 73.7 cm³/mol. The molecule has 0 aliphatic rings. The van der Waals surface area contributed by atoms with E-state index < -0.39 is 10.0 Å². The summed E-state index contributed by atoms with van der Waals surface area (Å²) in [6.45, 7) is 6.20. The normalized spacial score (nSPS) is 11.8. The van der Waals surface area contributed by atoms with Crippen LogP contribution in [0.3, 0.4) is 0 Å². The van der Waals surface area contributed by atoms with Crippen LogP contribution in [0.25, 0.3) is 0 Å². The predicted octanol–water partition coefficient (Wildman–Crippen LogP) is 1.51. The zero-order chi connectivity index (χ0) is 13.8. The molecule has 0 aliphatic heterocycles. The highest BCUT2D eigenvalue weighted by Gasteiger charge is 2.20. The van der Waals surface area contributed by atoms with Gasteiger partial charge in [0.1, 0.15) is 0 Å². The lowest BCUT2D eigenvalue weighted by Crippen LogP contribution is -2.27. The van der Waals surface area contributed by atoms with E-state index in [1.807, 2.05) is 13.0 Å². The Labute approximate surface area is 109 Å². The van der Waals surface area contributed by atoms with Crippen LogP contribution in [0, 0.1) is 0 Å². The molecule has 0 aliphatic carbocycles. The summed E-state index contributed by atoms with van der Waals surface area (Å²) in [4.78, 5) is 0.282. The van der Waals surface area contributed by atoms with Gasteiger partial charge in [-0.1, -0.05) is 19.1 Å². The van der Waals surface area contributed by atoms with Gasteiger partial charge in [0.25, 0.3) is 0 Å². The topological polar surface area (TPSA) is 63.4 Å². The number of rotatable bonds is 6. The molecule has 0 heterocycles. The third-order valence-corrected chi connectivity index (χ3v) is 4.69. The van der Waals surface area contributed by atoms with Gasteiger partial charge in [-0.3, -0.25) is 0 Å². The molecule has 0 saturated carbocycles. The quantitative estimate of drug-likeness (QED) is 0.796. The maximum Gasteiger partial charge on any atom is 0.243 e. The first-order valence-electron chi connectivity index (χ1n) is 5.86. The Morgan fingerprint density at radius 1 is 1.39 bits per heavy atom. The first-order valence-corrected chi connectivity index (χ1v) is 7.30. The molecule has 0 saturated heterocycles. The number of nitrogens with zero attached hydrogens (tertiary/aromatic N) is 1. The molecule has 18 heavy (non-hydrogen) atoms. The molecule has 0 fully saturated rings. The van der Waals surface area contributed by atoms with Gasteiger partial charge in [0.2, 0.25) is 10.0 Å². The average Bonchev–Trinajstić information content (AvgIpc) is 2.38. The summed E-state index contributed by atoms with van der Waals surface area (Å²) in [6, 6.07) is 5.12. The minimum Gasteiger partial charge on any atom is -0.326 e. The molecule has 5 heteroatoms. The number of aryl methyl sites for hydroxylation is 1. The summed E-state index contributed by atoms with van der Waals surface area (Å²) in [7, 11) is -1.92. The highest BCUT2D eigenvalue weighted by Crippen LogP contribution is 2.19. The van der Waals surface area contributed by atoms with Gasteiger partial charge >= 0.3 is 0 Å². The van der Waals surface area contributed by atoms with Crippen molar-refractivity contribution in [1.82, 2.24) is 4.31 Å². The lowest BCUT2D eigenvalue weighted by Gasteiger charge is -2.16. The van der Waals surface area contributed by atoms with Crippen molar-refractivity contribution in [3.8, 4) is 0 Å². The van der Waals surface area contributed by atoms with Crippen molar-refractivity contribution >= 4 is 10.0 Å². The second-order valence-corrected chi connectivity index (χ2v) is 6.11. The minimum atomic E-state index is -3.45. The van der Waals surface area contributed by atoms with Crippen molar-refractivity contribution in [2.45, 2.75) is 24.8 Å². The van der Waals surface area contributed by atoms with Crippen LogP contribution in [0.15, 0.2) is 35.7 Å². The van der Waals surface area contributed by atoms with Gasteiger partial charge in [-0.2, -0.15) is 4.31 Å². The molecule has 0 aromatic heterocycles. The molecule has 100 valence electrons. The van der Waals surface area contributed by atoms with E-state index in [1.165, 1.54) is 11.4 Å². The fourth-order valence-corrected chi connectivity index (χ4v) is 2.95. The second kappa shape index (κ2) is 6.13. The second-order valence-electron chi connectivity index (χ2n) is 4.06. The summed E-state index contributed by atoms with van der Waals surface area (Å²) in [6.07, 6.45) is 2.40. The van der Waals surface area contributed by atoms with Gasteiger partial charge in [0.05, 0.1) is 4.90 Å². The molecule has 0 spiro atoms. The monoisotopic (exact) mass is 268 g/mol. The Bertz CT molecular complexity index is 524. The van der Waals surface area contributed by atoms with Crippen molar-refractivity contribution in [1.29, 1.82) is 0 Å². The van der Waals surface area contributed by atoms with Gasteiger partial charge in [-0.25, -0.2) is 8.42 Å². The average molecular weight is 268 g/mol. The maximum absolute atomic E-state index is 12.2. The van der Waals surface area contributed by atoms with Crippen molar-refractivity contribution in [2.75, 3.05) is 13.6 Å². The van der Waals surface area contributed by atoms with Gasteiger partial charge in [-0.15, -0.1) is 6.58 Å². The smallest absolute Gasteiger partial charge is 0.243 e. The number of hydrogen-bond acceptors (Lipinski definition) is 3. The molecule has 0 bridgehead atoms. The van der Waals surface area contributed by atoms with Crippen LogP contribution in [0.4, 0.5) is 0 Å². The van der Waals surface area contributed by atoms with Crippen LogP contribution in [0.1, 0.15) is 18.1 Å². The summed E-state index contributed by atoms with van der Waals surface area (Å²) < 4.78 is 25.7. The van der Waals surface area contributed by atoms with E-state index in [4.69, 9.17) is 5.73 Å². The summed E-state index contributed by atoms with van der Waals surface area (Å²) in [5.41, 5.74) is 7.61. The third-order valence-electron chi connectivity index (χ3n) is 2.87. The Hall–Kier alpha value is -1.17. The molecule has 1 rings (SSSR count). The van der Waals surface area contributed by atoms with E-state index in [0.29, 0.717) is 6.54 Å². The van der Waals surface area contributed by atoms with Crippen LogP contribution in [0.2, 0.25) is 0 Å². The van der Waals surface area contributed by atoms with Crippen molar-refractivity contribution in [3.05, 3.63) is 42.0 Å². The molecular weight excluding hydrogens is 248 g/mol. The Balaban J connectivity index is 3.21.